The van der Waals surface area contributed by atoms with Crippen LogP contribution in [-0.4, -0.2) is 47.4 Å². The van der Waals surface area contributed by atoms with Gasteiger partial charge in [-0.15, -0.1) is 10.2 Å². The number of hydrogen-bond acceptors (Lipinski definition) is 22. The maximum atomic E-state index is 12.2. The molecule has 2 N–H and O–H groups in total. The number of ketones is 2. The Balaban J connectivity index is 0. The average Bonchev–Trinajstić information content (AvgIpc) is 3.12. The minimum atomic E-state index is -5.35. The van der Waals surface area contributed by atoms with Crippen LogP contribution in [-0.2, 0) is 46.6 Å². The van der Waals surface area contributed by atoms with E-state index in [9.17, 15) is 76.2 Å². The number of nitro groups is 2. The molecule has 0 heterocycles. The Morgan fingerprint density at radius 1 is 0.597 bits per heavy atom. The number of carbonyl (C=O) groups is 2. The molecule has 4 aromatic rings. The van der Waals surface area contributed by atoms with Crippen LogP contribution in [0.3, 0.4) is 0 Å². The van der Waals surface area contributed by atoms with Gasteiger partial charge in [0.25, 0.3) is 11.4 Å². The minimum Gasteiger partial charge on any atom is -0.870 e. The van der Waals surface area contributed by atoms with Crippen molar-refractivity contribution in [2.75, 3.05) is 10.6 Å². The van der Waals surface area contributed by atoms with Crippen molar-refractivity contribution in [2.45, 2.75) is 23.6 Å². The molecule has 30 heteroatoms. The van der Waals surface area contributed by atoms with Crippen molar-refractivity contribution in [1.82, 2.24) is 0 Å². The van der Waals surface area contributed by atoms with E-state index in [-0.39, 0.29) is 127 Å². The number of Topliss-reactive ketones (excluding diaryl/α,β-unsaturated/α-hetero) is 2. The monoisotopic (exact) mass is 982 g/mol. The van der Waals surface area contributed by atoms with Crippen LogP contribution in [0.2, 0.25) is 0 Å². The second-order valence-corrected chi connectivity index (χ2v) is 13.6. The Bertz CT molecular complexity index is 2460. The summed E-state index contributed by atoms with van der Waals surface area (Å²) in [6, 6.07) is 17.6. The van der Waals surface area contributed by atoms with Crippen LogP contribution in [0, 0.1) is 20.2 Å². The smallest absolute Gasteiger partial charge is 0.870 e. The van der Waals surface area contributed by atoms with Gasteiger partial charge in [-0.05, 0) is 36.0 Å². The number of anilines is 2. The van der Waals surface area contributed by atoms with Crippen LogP contribution in [0.15, 0.2) is 138 Å². The zero-order valence-electron chi connectivity index (χ0n) is 32.4. The summed E-state index contributed by atoms with van der Waals surface area (Å²) in [6.45, 7) is 1.97. The van der Waals surface area contributed by atoms with E-state index in [0.717, 1.165) is 13.8 Å². The number of nitrogens with zero attached hydrogens (tertiary/aromatic N) is 6. The van der Waals surface area contributed by atoms with Gasteiger partial charge in [0, 0.05) is 49.5 Å². The maximum absolute atomic E-state index is 12.2. The van der Waals surface area contributed by atoms with Gasteiger partial charge in [-0.2, -0.15) is 10.2 Å². The molecule has 0 atom stereocenters. The topological polar surface area (TPSA) is 401 Å². The molecular formula is C32H22CoKN8Na2O16S2. The number of allylic oxidation sites excluding steroid dienone is 2. The van der Waals surface area contributed by atoms with Crippen LogP contribution >= 0.6 is 0 Å². The average molecular weight is 983 g/mol. The molecule has 0 aromatic heterocycles. The number of carbonyl (C=O) groups excluding carboxylic acids is 2. The zero-order chi connectivity index (χ0) is 43.5. The fraction of sp³-hybridized carbons (Fsp3) is 0.0625. The second-order valence-electron chi connectivity index (χ2n) is 10.9. The number of benzene rings is 4. The van der Waals surface area contributed by atoms with Gasteiger partial charge < -0.3 is 40.2 Å². The molecular weight excluding hydrogens is 961 g/mol. The third-order valence-corrected chi connectivity index (χ3v) is 8.36. The number of azo groups is 2. The third-order valence-electron chi connectivity index (χ3n) is 6.68. The number of non-ortho nitro benzene ring substituents is 2. The first kappa shape index (κ1) is 60.6. The molecule has 0 bridgehead atoms. The predicted octanol–water partition coefficient (Wildman–Crippen LogP) is -7.22. The molecule has 0 saturated heterocycles. The number of nitro benzene ring substituents is 2. The molecule has 24 nitrogen and oxygen atoms in total. The molecule has 0 aliphatic rings. The number of rotatable bonds is 14. The van der Waals surface area contributed by atoms with Gasteiger partial charge in [0.15, 0.2) is 11.6 Å². The third kappa shape index (κ3) is 17.9. The largest absolute Gasteiger partial charge is 3.00 e. The summed E-state index contributed by atoms with van der Waals surface area (Å²) in [6.07, 6.45) is 0. The minimum absolute atomic E-state index is 0. The number of para-hydroxylation sites is 2. The number of nitrogens with one attached hydrogen (secondary N) is 2. The van der Waals surface area contributed by atoms with Crippen LogP contribution in [0.1, 0.15) is 13.8 Å². The van der Waals surface area contributed by atoms with Crippen molar-refractivity contribution in [2.24, 2.45) is 20.5 Å². The summed E-state index contributed by atoms with van der Waals surface area (Å²) < 4.78 is 67.0. The summed E-state index contributed by atoms with van der Waals surface area (Å²) in [4.78, 5) is 40.3. The van der Waals surface area contributed by atoms with Gasteiger partial charge in [0.1, 0.15) is 31.6 Å². The van der Waals surface area contributed by atoms with Gasteiger partial charge >= 0.3 is 127 Å². The molecule has 310 valence electrons. The first-order valence-electron chi connectivity index (χ1n) is 15.2. The quantitative estimate of drug-likeness (QED) is 0.0225. The molecule has 0 radical (unpaired) electrons. The van der Waals surface area contributed by atoms with E-state index in [1.165, 1.54) is 24.3 Å². The van der Waals surface area contributed by atoms with E-state index in [1.807, 2.05) is 0 Å². The second kappa shape index (κ2) is 26.9. The van der Waals surface area contributed by atoms with Crippen molar-refractivity contribution in [3.05, 3.63) is 128 Å². The molecule has 0 aliphatic carbocycles. The van der Waals surface area contributed by atoms with Gasteiger partial charge in [-0.1, -0.05) is 47.9 Å². The van der Waals surface area contributed by atoms with Crippen molar-refractivity contribution < 1.29 is 193 Å². The predicted molar refractivity (Wildman–Crippen MR) is 186 cm³/mol. The fourth-order valence-electron chi connectivity index (χ4n) is 4.06. The van der Waals surface area contributed by atoms with Crippen LogP contribution in [0.5, 0.6) is 11.5 Å². The molecule has 4 rings (SSSR count). The Morgan fingerprint density at radius 2 is 0.887 bits per heavy atom. The molecule has 0 unspecified atom stereocenters. The van der Waals surface area contributed by atoms with Crippen molar-refractivity contribution in [3.63, 3.8) is 0 Å². The van der Waals surface area contributed by atoms with Crippen LogP contribution in [0.25, 0.3) is 0 Å². The normalized spacial score (nSPS) is 11.7. The maximum Gasteiger partial charge on any atom is 3.00 e. The van der Waals surface area contributed by atoms with Gasteiger partial charge in [-0.3, -0.25) is 29.8 Å². The molecule has 4 aromatic carbocycles. The summed E-state index contributed by atoms with van der Waals surface area (Å²) >= 11 is 0. The molecule has 0 spiro atoms. The SMILES string of the molecule is CC(=O)/C(N=Nc1cc([N+](=O)[O-])cc(S(=O)(=O)[O-])c1[O-])=C(/[O-])Nc1ccccc1.CC(=O)/C(N=Nc1cc([N+](=O)[O-])cc(S(=O)(=O)[O-])c1[O-])=C(/[O-])Nc1ccccc1.[Co+3].[K+].[Na+].[Na+]. The Hall–Kier alpha value is -3.54. The summed E-state index contributed by atoms with van der Waals surface area (Å²) in [5.74, 6) is -6.58. The van der Waals surface area contributed by atoms with Crippen molar-refractivity contribution in [1.29, 1.82) is 0 Å². The zero-order valence-corrected chi connectivity index (χ0v) is 42.2. The summed E-state index contributed by atoms with van der Waals surface area (Å²) in [5, 5.41) is 88.4. The van der Waals surface area contributed by atoms with E-state index in [0.29, 0.717) is 35.6 Å². The van der Waals surface area contributed by atoms with Crippen molar-refractivity contribution in [3.8, 4) is 11.5 Å². The van der Waals surface area contributed by atoms with Crippen molar-refractivity contribution >= 4 is 65.9 Å². The van der Waals surface area contributed by atoms with Gasteiger partial charge in [0.2, 0.25) is 0 Å². The van der Waals surface area contributed by atoms with Crippen LogP contribution in [0.4, 0.5) is 34.1 Å². The number of hydrogen-bond donors (Lipinski definition) is 2. The summed E-state index contributed by atoms with van der Waals surface area (Å²) in [7, 11) is -10.7. The van der Waals surface area contributed by atoms with E-state index >= 15 is 0 Å². The first-order valence-corrected chi connectivity index (χ1v) is 18.1. The Labute approximate surface area is 447 Å². The van der Waals surface area contributed by atoms with Gasteiger partial charge in [0.05, 0.1) is 31.0 Å². The fourth-order valence-corrected chi connectivity index (χ4v) is 5.25. The van der Waals surface area contributed by atoms with Crippen LogP contribution < -0.4 is 142 Å². The van der Waals surface area contributed by atoms with E-state index in [1.54, 1.807) is 36.4 Å². The molecule has 62 heavy (non-hydrogen) atoms. The Kier molecular flexibility index (Phi) is 26.3. The Morgan fingerprint density at radius 3 is 1.13 bits per heavy atom. The van der Waals surface area contributed by atoms with Gasteiger partial charge in [-0.25, -0.2) is 16.8 Å². The first-order chi connectivity index (χ1) is 27.0. The molecule has 0 amide bonds. The van der Waals surface area contributed by atoms with E-state index in [4.69, 9.17) is 0 Å². The van der Waals surface area contributed by atoms with E-state index < -0.39 is 109 Å². The molecule has 0 saturated carbocycles. The molecule has 0 aliphatic heterocycles. The molecule has 0 fully saturated rings. The standard InChI is InChI=1S/2C16H14N4O8S.Co.K.2Na/c2*1-9(21)14(16(23)17-10-5-3-2-4-6-10)19-18-12-7-11(20(24)25)8-13(15(12)22)29(26,27)28;;;;/h2*2-8,17,22-23H,1H3,(H,26,27,28);;;;/q;;+3;3*+1/p-6/b2*16-14-,19-18?;;;;. The summed E-state index contributed by atoms with van der Waals surface area (Å²) in [5.41, 5.74) is -4.49. The van der Waals surface area contributed by atoms with E-state index in [2.05, 4.69) is 31.1 Å².